The van der Waals surface area contributed by atoms with Crippen LogP contribution in [0.4, 0.5) is 11.5 Å². The number of nitrogens with zero attached hydrogens (tertiary/aromatic N) is 3. The van der Waals surface area contributed by atoms with Crippen molar-refractivity contribution in [2.24, 2.45) is 0 Å². The molecule has 0 atom stereocenters. The van der Waals surface area contributed by atoms with Crippen LogP contribution in [-0.4, -0.2) is 41.4 Å². The zero-order chi connectivity index (χ0) is 13.7. The van der Waals surface area contributed by atoms with Crippen LogP contribution in [0.1, 0.15) is 23.7 Å². The topological polar surface area (TPSA) is 88.4 Å². The van der Waals surface area contributed by atoms with Crippen molar-refractivity contribution in [1.29, 1.82) is 0 Å². The molecule has 1 rings (SSSR count). The van der Waals surface area contributed by atoms with Crippen molar-refractivity contribution in [3.63, 3.8) is 0 Å². The van der Waals surface area contributed by atoms with Gasteiger partial charge in [-0.2, -0.15) is 0 Å². The maximum atomic E-state index is 12.1. The first-order chi connectivity index (χ1) is 8.51. The van der Waals surface area contributed by atoms with E-state index in [4.69, 9.17) is 0 Å². The SMILES string of the molecule is CCCN(C)C(=O)c1cc([N+](=O)[O-])cnc1NC. The number of rotatable bonds is 5. The normalized spacial score (nSPS) is 9.94. The molecule has 0 spiro atoms. The number of amides is 1. The Morgan fingerprint density at radius 2 is 2.28 bits per heavy atom. The van der Waals surface area contributed by atoms with E-state index < -0.39 is 4.92 Å². The number of carbonyl (C=O) groups excluding carboxylic acids is 1. The van der Waals surface area contributed by atoms with E-state index in [9.17, 15) is 14.9 Å². The molecule has 0 fully saturated rings. The van der Waals surface area contributed by atoms with Gasteiger partial charge in [0.2, 0.25) is 0 Å². The molecule has 0 radical (unpaired) electrons. The van der Waals surface area contributed by atoms with Gasteiger partial charge in [-0.25, -0.2) is 4.98 Å². The number of aromatic nitrogens is 1. The van der Waals surface area contributed by atoms with Crippen molar-refractivity contribution in [1.82, 2.24) is 9.88 Å². The Hall–Kier alpha value is -2.18. The average Bonchev–Trinajstić information content (AvgIpc) is 2.37. The molecule has 0 saturated heterocycles. The fraction of sp³-hybridized carbons (Fsp3) is 0.455. The molecular formula is C11H16N4O3. The molecule has 1 amide bonds. The Morgan fingerprint density at radius 1 is 1.61 bits per heavy atom. The first-order valence-electron chi connectivity index (χ1n) is 5.58. The van der Waals surface area contributed by atoms with Crippen molar-refractivity contribution < 1.29 is 9.72 Å². The molecule has 0 aromatic carbocycles. The lowest BCUT2D eigenvalue weighted by Gasteiger charge is -2.17. The van der Waals surface area contributed by atoms with Crippen LogP contribution in [0.15, 0.2) is 12.3 Å². The van der Waals surface area contributed by atoms with Crippen LogP contribution in [0.25, 0.3) is 0 Å². The summed E-state index contributed by atoms with van der Waals surface area (Å²) in [5.74, 6) is 0.0611. The molecule has 1 aromatic heterocycles. The summed E-state index contributed by atoms with van der Waals surface area (Å²) >= 11 is 0. The van der Waals surface area contributed by atoms with E-state index in [-0.39, 0.29) is 17.2 Å². The highest BCUT2D eigenvalue weighted by atomic mass is 16.6. The Kier molecular flexibility index (Phi) is 4.59. The molecule has 0 aliphatic rings. The Morgan fingerprint density at radius 3 is 2.78 bits per heavy atom. The number of carbonyl (C=O) groups is 1. The first kappa shape index (κ1) is 13.9. The minimum absolute atomic E-state index is 0.192. The second-order valence-corrected chi connectivity index (χ2v) is 3.82. The lowest BCUT2D eigenvalue weighted by molar-refractivity contribution is -0.385. The molecule has 98 valence electrons. The van der Waals surface area contributed by atoms with E-state index in [1.54, 1.807) is 14.1 Å². The van der Waals surface area contributed by atoms with Gasteiger partial charge in [-0.3, -0.25) is 14.9 Å². The Bertz CT molecular complexity index is 462. The summed E-state index contributed by atoms with van der Waals surface area (Å²) in [6.45, 7) is 2.54. The maximum absolute atomic E-state index is 12.1. The van der Waals surface area contributed by atoms with Crippen LogP contribution in [0.2, 0.25) is 0 Å². The van der Waals surface area contributed by atoms with Crippen molar-refractivity contribution in [3.8, 4) is 0 Å². The molecule has 0 unspecified atom stereocenters. The molecule has 1 heterocycles. The van der Waals surface area contributed by atoms with Gasteiger partial charge in [-0.15, -0.1) is 0 Å². The zero-order valence-electron chi connectivity index (χ0n) is 10.6. The molecule has 1 N–H and O–H groups in total. The lowest BCUT2D eigenvalue weighted by Crippen LogP contribution is -2.28. The van der Waals surface area contributed by atoms with Gasteiger partial charge in [-0.05, 0) is 6.42 Å². The van der Waals surface area contributed by atoms with E-state index in [0.29, 0.717) is 12.4 Å². The highest BCUT2D eigenvalue weighted by Crippen LogP contribution is 2.20. The summed E-state index contributed by atoms with van der Waals surface area (Å²) in [6, 6.07) is 1.24. The number of hydrogen-bond acceptors (Lipinski definition) is 5. The van der Waals surface area contributed by atoms with Gasteiger partial charge in [-0.1, -0.05) is 6.92 Å². The second-order valence-electron chi connectivity index (χ2n) is 3.82. The summed E-state index contributed by atoms with van der Waals surface area (Å²) in [5, 5.41) is 13.4. The minimum atomic E-state index is -0.566. The summed E-state index contributed by atoms with van der Waals surface area (Å²) < 4.78 is 0. The number of hydrogen-bond donors (Lipinski definition) is 1. The number of nitro groups is 1. The van der Waals surface area contributed by atoms with E-state index in [2.05, 4.69) is 10.3 Å². The second kappa shape index (κ2) is 5.95. The van der Waals surface area contributed by atoms with Crippen molar-refractivity contribution in [3.05, 3.63) is 27.9 Å². The minimum Gasteiger partial charge on any atom is -0.372 e. The standard InChI is InChI=1S/C11H16N4O3/c1-4-5-14(3)11(16)9-6-8(15(17)18)7-13-10(9)12-2/h6-7H,4-5H2,1-3H3,(H,12,13). The quantitative estimate of drug-likeness (QED) is 0.634. The van der Waals surface area contributed by atoms with Gasteiger partial charge >= 0.3 is 0 Å². The monoisotopic (exact) mass is 252 g/mol. The number of pyridine rings is 1. The van der Waals surface area contributed by atoms with Crippen LogP contribution in [0.3, 0.4) is 0 Å². The molecule has 1 aromatic rings. The van der Waals surface area contributed by atoms with Gasteiger partial charge in [0, 0.05) is 26.7 Å². The summed E-state index contributed by atoms with van der Waals surface area (Å²) in [4.78, 5) is 27.6. The Labute approximate surface area is 105 Å². The Balaban J connectivity index is 3.15. The predicted molar refractivity (Wildman–Crippen MR) is 67.7 cm³/mol. The van der Waals surface area contributed by atoms with E-state index in [0.717, 1.165) is 12.6 Å². The van der Waals surface area contributed by atoms with Gasteiger partial charge in [0.05, 0.1) is 10.5 Å². The van der Waals surface area contributed by atoms with Crippen LogP contribution < -0.4 is 5.32 Å². The number of nitrogens with one attached hydrogen (secondary N) is 1. The fourth-order valence-corrected chi connectivity index (χ4v) is 1.56. The first-order valence-corrected chi connectivity index (χ1v) is 5.58. The lowest BCUT2D eigenvalue weighted by atomic mass is 10.2. The molecule has 0 bridgehead atoms. The number of anilines is 1. The third-order valence-corrected chi connectivity index (χ3v) is 2.46. The molecule has 18 heavy (non-hydrogen) atoms. The van der Waals surface area contributed by atoms with E-state index in [1.165, 1.54) is 11.0 Å². The molecule has 7 nitrogen and oxygen atoms in total. The zero-order valence-corrected chi connectivity index (χ0v) is 10.6. The van der Waals surface area contributed by atoms with Crippen molar-refractivity contribution in [2.45, 2.75) is 13.3 Å². The summed E-state index contributed by atoms with van der Waals surface area (Å²) in [7, 11) is 3.27. The van der Waals surface area contributed by atoms with Gasteiger partial charge in [0.25, 0.3) is 11.6 Å². The van der Waals surface area contributed by atoms with Crippen LogP contribution >= 0.6 is 0 Å². The highest BCUT2D eigenvalue weighted by molar-refractivity contribution is 5.99. The smallest absolute Gasteiger partial charge is 0.288 e. The summed E-state index contributed by atoms with van der Waals surface area (Å²) in [5.41, 5.74) is 0.0184. The average molecular weight is 252 g/mol. The van der Waals surface area contributed by atoms with Crippen molar-refractivity contribution in [2.75, 3.05) is 26.0 Å². The van der Waals surface area contributed by atoms with Gasteiger partial charge in [0.1, 0.15) is 12.0 Å². The highest BCUT2D eigenvalue weighted by Gasteiger charge is 2.19. The van der Waals surface area contributed by atoms with Gasteiger partial charge in [0.15, 0.2) is 0 Å². The predicted octanol–water partition coefficient (Wildman–Crippen LogP) is 1.51. The van der Waals surface area contributed by atoms with E-state index >= 15 is 0 Å². The fourth-order valence-electron chi connectivity index (χ4n) is 1.56. The molecular weight excluding hydrogens is 236 g/mol. The molecule has 7 heteroatoms. The summed E-state index contributed by atoms with van der Waals surface area (Å²) in [6.07, 6.45) is 1.95. The molecule has 0 aliphatic heterocycles. The largest absolute Gasteiger partial charge is 0.372 e. The van der Waals surface area contributed by atoms with Crippen LogP contribution in [-0.2, 0) is 0 Å². The van der Waals surface area contributed by atoms with Crippen LogP contribution in [0, 0.1) is 10.1 Å². The maximum Gasteiger partial charge on any atom is 0.288 e. The van der Waals surface area contributed by atoms with E-state index in [1.807, 2.05) is 6.92 Å². The van der Waals surface area contributed by atoms with Gasteiger partial charge < -0.3 is 10.2 Å². The molecule has 0 aliphatic carbocycles. The van der Waals surface area contributed by atoms with Crippen LogP contribution in [0.5, 0.6) is 0 Å². The third-order valence-electron chi connectivity index (χ3n) is 2.46. The molecule has 0 saturated carbocycles. The third kappa shape index (κ3) is 2.93. The van der Waals surface area contributed by atoms with Crippen molar-refractivity contribution >= 4 is 17.4 Å².